The number of ether oxygens (including phenoxy) is 3. The minimum Gasteiger partial charge on any atom is -0.373 e. The van der Waals surface area contributed by atoms with Gasteiger partial charge in [0.05, 0.1) is 38.1 Å². The van der Waals surface area contributed by atoms with Crippen molar-refractivity contribution in [1.82, 2.24) is 13.7 Å². The van der Waals surface area contributed by atoms with Gasteiger partial charge >= 0.3 is 17.1 Å². The number of nitrogens with zero attached hydrogens (tertiary/aromatic N) is 3. The fourth-order valence-electron chi connectivity index (χ4n) is 4.95. The molecule has 4 rings (SSSR count). The first-order chi connectivity index (χ1) is 17.6. The van der Waals surface area contributed by atoms with E-state index in [-0.39, 0.29) is 0 Å². The Labute approximate surface area is 213 Å². The molecular formula is C27H45N3O6. The smallest absolute Gasteiger partial charge is 0.336 e. The Hall–Kier alpha value is -1.71. The Morgan fingerprint density at radius 2 is 0.694 bits per heavy atom. The lowest BCUT2D eigenvalue weighted by Crippen LogP contribution is -2.54. The van der Waals surface area contributed by atoms with Crippen molar-refractivity contribution in [3.8, 4) is 0 Å². The standard InChI is InChI=1S/C27H45N3O6/c31-25-28(16-10-4-1-7-13-22-19-34-22)26(32)30(18-12-6-3-9-15-24-21-36-24)27(33)29(25)17-11-5-2-8-14-23-20-35-23/h22-24H,1-21H2. The second-order valence-corrected chi connectivity index (χ2v) is 10.8. The number of aromatic nitrogens is 3. The van der Waals surface area contributed by atoms with Gasteiger partial charge in [-0.1, -0.05) is 57.8 Å². The van der Waals surface area contributed by atoms with E-state index in [0.717, 1.165) is 116 Å². The van der Waals surface area contributed by atoms with E-state index in [2.05, 4.69) is 0 Å². The first kappa shape index (κ1) is 27.3. The van der Waals surface area contributed by atoms with Gasteiger partial charge in [0, 0.05) is 19.6 Å². The number of hydrogen-bond acceptors (Lipinski definition) is 6. The molecule has 0 N–H and O–H groups in total. The quantitative estimate of drug-likeness (QED) is 0.187. The van der Waals surface area contributed by atoms with Crippen molar-refractivity contribution < 1.29 is 14.2 Å². The molecule has 204 valence electrons. The molecule has 3 aliphatic rings. The van der Waals surface area contributed by atoms with Crippen LogP contribution in [0.1, 0.15) is 96.3 Å². The van der Waals surface area contributed by atoms with E-state index in [4.69, 9.17) is 14.2 Å². The molecule has 0 spiro atoms. The second kappa shape index (κ2) is 14.3. The summed E-state index contributed by atoms with van der Waals surface area (Å²) in [4.78, 5) is 39.5. The maximum Gasteiger partial charge on any atom is 0.336 e. The normalized spacial score (nSPS) is 22.2. The van der Waals surface area contributed by atoms with Gasteiger partial charge in [0.15, 0.2) is 0 Å². The van der Waals surface area contributed by atoms with Crippen LogP contribution in [0.3, 0.4) is 0 Å². The van der Waals surface area contributed by atoms with Gasteiger partial charge in [0.25, 0.3) is 0 Å². The van der Waals surface area contributed by atoms with Gasteiger partial charge in [-0.2, -0.15) is 0 Å². The van der Waals surface area contributed by atoms with Crippen LogP contribution in [0.4, 0.5) is 0 Å². The highest BCUT2D eigenvalue weighted by Gasteiger charge is 2.22. The van der Waals surface area contributed by atoms with E-state index in [9.17, 15) is 14.4 Å². The van der Waals surface area contributed by atoms with Gasteiger partial charge in [-0.3, -0.25) is 0 Å². The Morgan fingerprint density at radius 1 is 0.444 bits per heavy atom. The van der Waals surface area contributed by atoms with Crippen LogP contribution in [0, 0.1) is 0 Å². The van der Waals surface area contributed by atoms with Gasteiger partial charge in [-0.15, -0.1) is 0 Å². The predicted octanol–water partition coefficient (Wildman–Crippen LogP) is 3.22. The highest BCUT2D eigenvalue weighted by atomic mass is 16.6. The van der Waals surface area contributed by atoms with Crippen LogP contribution in [-0.4, -0.2) is 51.8 Å². The molecule has 3 saturated heterocycles. The molecule has 36 heavy (non-hydrogen) atoms. The summed E-state index contributed by atoms with van der Waals surface area (Å²) in [7, 11) is 0. The van der Waals surface area contributed by atoms with Gasteiger partial charge in [-0.25, -0.2) is 28.1 Å². The van der Waals surface area contributed by atoms with Crippen LogP contribution >= 0.6 is 0 Å². The average molecular weight is 508 g/mol. The third kappa shape index (κ3) is 9.30. The molecule has 3 atom stereocenters. The molecule has 0 amide bonds. The maximum atomic E-state index is 13.2. The summed E-state index contributed by atoms with van der Waals surface area (Å²) in [5.41, 5.74) is -1.32. The fraction of sp³-hybridized carbons (Fsp3) is 0.889. The molecule has 1 aromatic rings. The second-order valence-electron chi connectivity index (χ2n) is 10.8. The molecule has 0 aromatic carbocycles. The van der Waals surface area contributed by atoms with Gasteiger partial charge in [-0.05, 0) is 38.5 Å². The predicted molar refractivity (Wildman–Crippen MR) is 138 cm³/mol. The monoisotopic (exact) mass is 507 g/mol. The van der Waals surface area contributed by atoms with Crippen molar-refractivity contribution in [2.45, 2.75) is 134 Å². The van der Waals surface area contributed by atoms with Crippen LogP contribution in [0.5, 0.6) is 0 Å². The van der Waals surface area contributed by atoms with E-state index < -0.39 is 17.1 Å². The highest BCUT2D eigenvalue weighted by molar-refractivity contribution is 4.80. The van der Waals surface area contributed by atoms with E-state index in [1.807, 2.05) is 0 Å². The molecule has 0 aliphatic carbocycles. The lowest BCUT2D eigenvalue weighted by molar-refractivity contribution is 0.381. The van der Waals surface area contributed by atoms with E-state index in [0.29, 0.717) is 37.9 Å². The fourth-order valence-corrected chi connectivity index (χ4v) is 4.95. The summed E-state index contributed by atoms with van der Waals surface area (Å²) in [6.45, 7) is 3.79. The van der Waals surface area contributed by atoms with E-state index >= 15 is 0 Å². The molecular weight excluding hydrogens is 462 g/mol. The third-order valence-electron chi connectivity index (χ3n) is 7.57. The Bertz CT molecular complexity index is 817. The number of epoxide rings is 3. The Balaban J connectivity index is 1.31. The van der Waals surface area contributed by atoms with Crippen LogP contribution < -0.4 is 17.1 Å². The van der Waals surface area contributed by atoms with Crippen molar-refractivity contribution in [3.05, 3.63) is 31.5 Å². The molecule has 0 bridgehead atoms. The van der Waals surface area contributed by atoms with Crippen molar-refractivity contribution in [1.29, 1.82) is 0 Å². The lowest BCUT2D eigenvalue weighted by Gasteiger charge is -2.14. The van der Waals surface area contributed by atoms with Crippen LogP contribution in [0.15, 0.2) is 14.4 Å². The summed E-state index contributed by atoms with van der Waals surface area (Å²) in [6, 6.07) is 0. The van der Waals surface area contributed by atoms with Crippen LogP contribution in [-0.2, 0) is 33.8 Å². The van der Waals surface area contributed by atoms with Gasteiger partial charge in [0.2, 0.25) is 0 Å². The number of hydrogen-bond donors (Lipinski definition) is 0. The van der Waals surface area contributed by atoms with E-state index in [1.54, 1.807) is 0 Å². The lowest BCUT2D eigenvalue weighted by atomic mass is 10.1. The first-order valence-electron chi connectivity index (χ1n) is 14.4. The molecule has 9 nitrogen and oxygen atoms in total. The molecule has 3 fully saturated rings. The largest absolute Gasteiger partial charge is 0.373 e. The molecule has 3 aliphatic heterocycles. The highest BCUT2D eigenvalue weighted by Crippen LogP contribution is 2.19. The third-order valence-corrected chi connectivity index (χ3v) is 7.57. The van der Waals surface area contributed by atoms with Gasteiger partial charge < -0.3 is 14.2 Å². The topological polar surface area (TPSA) is 104 Å². The number of rotatable bonds is 21. The minimum atomic E-state index is -0.441. The molecule has 0 saturated carbocycles. The van der Waals surface area contributed by atoms with Crippen molar-refractivity contribution >= 4 is 0 Å². The van der Waals surface area contributed by atoms with Gasteiger partial charge in [0.1, 0.15) is 0 Å². The van der Waals surface area contributed by atoms with E-state index in [1.165, 1.54) is 13.7 Å². The molecule has 0 radical (unpaired) electrons. The summed E-state index contributed by atoms with van der Waals surface area (Å²) >= 11 is 0. The molecule has 3 unspecified atom stereocenters. The minimum absolute atomic E-state index is 0.376. The molecule has 4 heterocycles. The molecule has 1 aromatic heterocycles. The molecule has 9 heteroatoms. The van der Waals surface area contributed by atoms with Crippen molar-refractivity contribution in [2.24, 2.45) is 0 Å². The Morgan fingerprint density at radius 3 is 0.944 bits per heavy atom. The Kier molecular flexibility index (Phi) is 10.8. The zero-order valence-corrected chi connectivity index (χ0v) is 21.9. The summed E-state index contributed by atoms with van der Waals surface area (Å²) < 4.78 is 19.7. The summed E-state index contributed by atoms with van der Waals surface area (Å²) in [5, 5.41) is 0. The zero-order chi connectivity index (χ0) is 25.2. The first-order valence-corrected chi connectivity index (χ1v) is 14.4. The average Bonchev–Trinajstić information content (AvgIpc) is 3.71. The SMILES string of the molecule is O=c1n(CCCCCCC2CO2)c(=O)n(CCCCCCC2CO2)c(=O)n1CCCCCCC1CO1. The van der Waals surface area contributed by atoms with Crippen molar-refractivity contribution in [2.75, 3.05) is 19.8 Å². The van der Waals surface area contributed by atoms with Crippen LogP contribution in [0.25, 0.3) is 0 Å². The summed E-state index contributed by atoms with van der Waals surface area (Å²) in [6.07, 6.45) is 16.4. The van der Waals surface area contributed by atoms with Crippen molar-refractivity contribution in [3.63, 3.8) is 0 Å². The maximum absolute atomic E-state index is 13.2. The zero-order valence-electron chi connectivity index (χ0n) is 21.9. The summed E-state index contributed by atoms with van der Waals surface area (Å²) in [5.74, 6) is 0. The number of unbranched alkanes of at least 4 members (excludes halogenated alkanes) is 9. The van der Waals surface area contributed by atoms with Crippen LogP contribution in [0.2, 0.25) is 0 Å².